The number of rotatable bonds is 7. The fraction of sp³-hybridized carbons (Fsp3) is 0.455. The fourth-order valence-electron chi connectivity index (χ4n) is 1.41. The van der Waals surface area contributed by atoms with Crippen LogP contribution in [0, 0.1) is 0 Å². The maximum absolute atomic E-state index is 12.0. The molecule has 0 bridgehead atoms. The second kappa shape index (κ2) is 6.58. The van der Waals surface area contributed by atoms with Crippen molar-refractivity contribution in [2.75, 3.05) is 33.1 Å². The zero-order valence-electron chi connectivity index (χ0n) is 10.5. The average Bonchev–Trinajstić information content (AvgIpc) is 2.34. The molecule has 0 saturated carbocycles. The van der Waals surface area contributed by atoms with Crippen LogP contribution in [0.3, 0.4) is 0 Å². The smallest absolute Gasteiger partial charge is 0.244 e. The Morgan fingerprint density at radius 3 is 2.67 bits per heavy atom. The van der Waals surface area contributed by atoms with Gasteiger partial charge in [-0.2, -0.15) is 0 Å². The Balaban J connectivity index is 2.84. The summed E-state index contributed by atoms with van der Waals surface area (Å²) in [5.74, 6) is 0.231. The summed E-state index contributed by atoms with van der Waals surface area (Å²) >= 11 is 0. The molecule has 0 fully saturated rings. The van der Waals surface area contributed by atoms with E-state index in [0.717, 1.165) is 0 Å². The monoisotopic (exact) mass is 274 g/mol. The molecular weight excluding hydrogens is 256 g/mol. The summed E-state index contributed by atoms with van der Waals surface area (Å²) in [4.78, 5) is 0.0802. The summed E-state index contributed by atoms with van der Waals surface area (Å²) in [6.07, 6.45) is 0.604. The van der Waals surface area contributed by atoms with Crippen molar-refractivity contribution in [2.45, 2.75) is 11.3 Å². The van der Waals surface area contributed by atoms with Gasteiger partial charge in [-0.15, -0.1) is 0 Å². The van der Waals surface area contributed by atoms with E-state index in [1.807, 2.05) is 0 Å². The van der Waals surface area contributed by atoms with Crippen molar-refractivity contribution in [3.05, 3.63) is 18.2 Å². The standard InChI is InChI=1S/C11H18N2O4S/c1-16-7-3-6-13-18(14,15)11-5-4-9(12)8-10(11)17-2/h4-5,8,13H,3,6-7,12H2,1-2H3. The number of hydrogen-bond acceptors (Lipinski definition) is 5. The van der Waals surface area contributed by atoms with E-state index in [1.54, 1.807) is 7.11 Å². The first kappa shape index (κ1) is 14.7. The Labute approximate surface area is 107 Å². The van der Waals surface area contributed by atoms with Gasteiger partial charge in [0.1, 0.15) is 10.6 Å². The summed E-state index contributed by atoms with van der Waals surface area (Å²) in [5, 5.41) is 0. The molecule has 7 heteroatoms. The van der Waals surface area contributed by atoms with Crippen LogP contribution in [0.15, 0.2) is 23.1 Å². The Hall–Kier alpha value is -1.31. The second-order valence-electron chi connectivity index (χ2n) is 3.65. The third kappa shape index (κ3) is 3.86. The third-order valence-electron chi connectivity index (χ3n) is 2.29. The van der Waals surface area contributed by atoms with Crippen LogP contribution in [0.2, 0.25) is 0 Å². The number of nitrogen functional groups attached to an aromatic ring is 1. The Morgan fingerprint density at radius 2 is 2.06 bits per heavy atom. The SMILES string of the molecule is COCCCNS(=O)(=O)c1ccc(N)cc1OC. The highest BCUT2D eigenvalue weighted by Gasteiger charge is 2.18. The largest absolute Gasteiger partial charge is 0.495 e. The minimum absolute atomic E-state index is 0.0802. The maximum atomic E-state index is 12.0. The molecule has 0 unspecified atom stereocenters. The van der Waals surface area contributed by atoms with Crippen LogP contribution in [0.1, 0.15) is 6.42 Å². The van der Waals surface area contributed by atoms with Crippen LogP contribution in [0.25, 0.3) is 0 Å². The van der Waals surface area contributed by atoms with E-state index in [4.69, 9.17) is 15.2 Å². The van der Waals surface area contributed by atoms with Crippen molar-refractivity contribution >= 4 is 15.7 Å². The topological polar surface area (TPSA) is 90.7 Å². The lowest BCUT2D eigenvalue weighted by molar-refractivity contribution is 0.196. The van der Waals surface area contributed by atoms with Crippen molar-refractivity contribution in [1.29, 1.82) is 0 Å². The molecular formula is C11H18N2O4S. The zero-order valence-corrected chi connectivity index (χ0v) is 11.3. The first-order chi connectivity index (χ1) is 8.51. The first-order valence-electron chi connectivity index (χ1n) is 5.43. The Kier molecular flexibility index (Phi) is 5.39. The molecule has 0 aliphatic rings. The predicted molar refractivity (Wildman–Crippen MR) is 69.1 cm³/mol. The van der Waals surface area contributed by atoms with E-state index in [-0.39, 0.29) is 10.6 Å². The summed E-state index contributed by atoms with van der Waals surface area (Å²) < 4.78 is 36.4. The number of methoxy groups -OCH3 is 2. The van der Waals surface area contributed by atoms with E-state index in [2.05, 4.69) is 4.72 Å². The van der Waals surface area contributed by atoms with E-state index >= 15 is 0 Å². The van der Waals surface area contributed by atoms with Crippen LogP contribution < -0.4 is 15.2 Å². The van der Waals surface area contributed by atoms with Gasteiger partial charge in [0.15, 0.2) is 0 Å². The molecule has 0 spiro atoms. The number of benzene rings is 1. The molecule has 1 aromatic carbocycles. The van der Waals surface area contributed by atoms with Crippen LogP contribution in [0.4, 0.5) is 5.69 Å². The average molecular weight is 274 g/mol. The third-order valence-corrected chi connectivity index (χ3v) is 3.79. The predicted octanol–water partition coefficient (Wildman–Crippen LogP) is 0.592. The molecule has 18 heavy (non-hydrogen) atoms. The van der Waals surface area contributed by atoms with Crippen molar-refractivity contribution in [1.82, 2.24) is 4.72 Å². The number of nitrogens with two attached hydrogens (primary N) is 1. The lowest BCUT2D eigenvalue weighted by atomic mass is 10.3. The molecule has 0 amide bonds. The number of sulfonamides is 1. The van der Waals surface area contributed by atoms with E-state index in [9.17, 15) is 8.42 Å². The molecule has 0 saturated heterocycles. The lowest BCUT2D eigenvalue weighted by Crippen LogP contribution is -2.26. The molecule has 0 atom stereocenters. The van der Waals surface area contributed by atoms with Crippen LogP contribution in [0.5, 0.6) is 5.75 Å². The minimum Gasteiger partial charge on any atom is -0.495 e. The first-order valence-corrected chi connectivity index (χ1v) is 6.91. The quantitative estimate of drug-likeness (QED) is 0.561. The zero-order chi connectivity index (χ0) is 13.6. The molecule has 3 N–H and O–H groups in total. The van der Waals surface area contributed by atoms with Gasteiger partial charge in [-0.25, -0.2) is 13.1 Å². The van der Waals surface area contributed by atoms with E-state index in [0.29, 0.717) is 25.3 Å². The summed E-state index contributed by atoms with van der Waals surface area (Å²) in [6, 6.07) is 4.42. The van der Waals surface area contributed by atoms with Gasteiger partial charge in [-0.1, -0.05) is 0 Å². The molecule has 1 aromatic rings. The highest BCUT2D eigenvalue weighted by Crippen LogP contribution is 2.25. The normalized spacial score (nSPS) is 11.4. The van der Waals surface area contributed by atoms with Gasteiger partial charge in [0.25, 0.3) is 0 Å². The highest BCUT2D eigenvalue weighted by molar-refractivity contribution is 7.89. The molecule has 0 aromatic heterocycles. The Morgan fingerprint density at radius 1 is 1.33 bits per heavy atom. The fourth-order valence-corrected chi connectivity index (χ4v) is 2.63. The van der Waals surface area contributed by atoms with Crippen molar-refractivity contribution in [3.63, 3.8) is 0 Å². The summed E-state index contributed by atoms with van der Waals surface area (Å²) in [7, 11) is -0.618. The second-order valence-corrected chi connectivity index (χ2v) is 5.39. The van der Waals surface area contributed by atoms with Gasteiger partial charge < -0.3 is 15.2 Å². The lowest BCUT2D eigenvalue weighted by Gasteiger charge is -2.11. The maximum Gasteiger partial charge on any atom is 0.244 e. The van der Waals surface area contributed by atoms with E-state index < -0.39 is 10.0 Å². The number of ether oxygens (including phenoxy) is 2. The van der Waals surface area contributed by atoms with E-state index in [1.165, 1.54) is 25.3 Å². The molecule has 0 aliphatic carbocycles. The number of hydrogen-bond donors (Lipinski definition) is 2. The molecule has 1 rings (SSSR count). The van der Waals surface area contributed by atoms with Gasteiger partial charge >= 0.3 is 0 Å². The van der Waals surface area contributed by atoms with Crippen LogP contribution in [-0.4, -0.2) is 35.8 Å². The number of anilines is 1. The van der Waals surface area contributed by atoms with Gasteiger partial charge in [0.05, 0.1) is 7.11 Å². The highest BCUT2D eigenvalue weighted by atomic mass is 32.2. The Bertz CT molecular complexity index is 488. The number of nitrogens with one attached hydrogen (secondary N) is 1. The van der Waals surface area contributed by atoms with Crippen LogP contribution >= 0.6 is 0 Å². The molecule has 6 nitrogen and oxygen atoms in total. The van der Waals surface area contributed by atoms with Gasteiger partial charge in [-0.3, -0.25) is 0 Å². The van der Waals surface area contributed by atoms with Gasteiger partial charge in [0.2, 0.25) is 10.0 Å². The molecule has 102 valence electrons. The van der Waals surface area contributed by atoms with Crippen molar-refractivity contribution in [3.8, 4) is 5.75 Å². The summed E-state index contributed by atoms with van der Waals surface area (Å²) in [5.41, 5.74) is 6.02. The molecule has 0 radical (unpaired) electrons. The molecule has 0 aliphatic heterocycles. The van der Waals surface area contributed by atoms with Crippen molar-refractivity contribution < 1.29 is 17.9 Å². The molecule has 0 heterocycles. The summed E-state index contributed by atoms with van der Waals surface area (Å²) in [6.45, 7) is 0.811. The van der Waals surface area contributed by atoms with Crippen LogP contribution in [-0.2, 0) is 14.8 Å². The van der Waals surface area contributed by atoms with Gasteiger partial charge in [0, 0.05) is 32.0 Å². The van der Waals surface area contributed by atoms with Crippen molar-refractivity contribution in [2.24, 2.45) is 0 Å². The minimum atomic E-state index is -3.59. The van der Waals surface area contributed by atoms with Gasteiger partial charge in [-0.05, 0) is 18.6 Å².